The standard InChI is InChI=1S/C7H13N3O/c1-7(2,8)5-4-6(11)10(3)9-5/h4,9H,8H2,1-3H3. The normalized spacial score (nSPS) is 12.0. The van der Waals surface area contributed by atoms with Gasteiger partial charge in [-0.25, -0.2) is 0 Å². The molecule has 11 heavy (non-hydrogen) atoms. The zero-order chi connectivity index (χ0) is 8.65. The van der Waals surface area contributed by atoms with Crippen LogP contribution in [0.2, 0.25) is 0 Å². The Balaban J connectivity index is 3.18. The molecule has 0 radical (unpaired) electrons. The van der Waals surface area contributed by atoms with Crippen LogP contribution in [0.5, 0.6) is 0 Å². The van der Waals surface area contributed by atoms with Gasteiger partial charge in [-0.15, -0.1) is 0 Å². The third-order valence-electron chi connectivity index (χ3n) is 1.58. The molecular weight excluding hydrogens is 142 g/mol. The second-order valence-electron chi connectivity index (χ2n) is 3.29. The van der Waals surface area contributed by atoms with E-state index in [-0.39, 0.29) is 5.56 Å². The summed E-state index contributed by atoms with van der Waals surface area (Å²) < 4.78 is 1.41. The van der Waals surface area contributed by atoms with Crippen molar-refractivity contribution in [2.45, 2.75) is 19.4 Å². The Bertz CT molecular complexity index is 302. The highest BCUT2D eigenvalue weighted by Crippen LogP contribution is 2.10. The number of aryl methyl sites for hydroxylation is 1. The van der Waals surface area contributed by atoms with Gasteiger partial charge in [-0.2, -0.15) is 0 Å². The molecule has 0 spiro atoms. The fourth-order valence-corrected chi connectivity index (χ4v) is 0.818. The Labute approximate surface area is 65.0 Å². The van der Waals surface area contributed by atoms with Crippen molar-refractivity contribution in [2.75, 3.05) is 0 Å². The molecule has 0 fully saturated rings. The van der Waals surface area contributed by atoms with Gasteiger partial charge in [-0.05, 0) is 13.8 Å². The van der Waals surface area contributed by atoms with Crippen LogP contribution in [-0.2, 0) is 12.6 Å². The minimum absolute atomic E-state index is 0.0569. The number of nitrogens with zero attached hydrogens (tertiary/aromatic N) is 1. The zero-order valence-electron chi connectivity index (χ0n) is 7.01. The van der Waals surface area contributed by atoms with E-state index >= 15 is 0 Å². The van der Waals surface area contributed by atoms with Crippen LogP contribution in [0.25, 0.3) is 0 Å². The van der Waals surface area contributed by atoms with E-state index < -0.39 is 5.54 Å². The molecule has 62 valence electrons. The number of hydrogen-bond donors (Lipinski definition) is 2. The van der Waals surface area contributed by atoms with Crippen LogP contribution in [0.3, 0.4) is 0 Å². The lowest BCUT2D eigenvalue weighted by atomic mass is 10.0. The van der Waals surface area contributed by atoms with Gasteiger partial charge in [0.2, 0.25) is 0 Å². The Hall–Kier alpha value is -1.03. The highest BCUT2D eigenvalue weighted by atomic mass is 16.1. The van der Waals surface area contributed by atoms with E-state index in [0.29, 0.717) is 0 Å². The summed E-state index contributed by atoms with van der Waals surface area (Å²) in [5, 5.41) is 2.86. The molecule has 0 saturated carbocycles. The third kappa shape index (κ3) is 1.51. The van der Waals surface area contributed by atoms with Crippen molar-refractivity contribution in [1.82, 2.24) is 9.78 Å². The van der Waals surface area contributed by atoms with E-state index in [4.69, 9.17) is 5.73 Å². The predicted molar refractivity (Wildman–Crippen MR) is 43.2 cm³/mol. The zero-order valence-corrected chi connectivity index (χ0v) is 7.01. The van der Waals surface area contributed by atoms with E-state index in [1.807, 2.05) is 13.8 Å². The molecule has 0 aliphatic rings. The average Bonchev–Trinajstić information content (AvgIpc) is 2.11. The molecule has 1 aromatic rings. The van der Waals surface area contributed by atoms with Crippen molar-refractivity contribution in [1.29, 1.82) is 0 Å². The second-order valence-corrected chi connectivity index (χ2v) is 3.29. The number of hydrogen-bond acceptors (Lipinski definition) is 2. The van der Waals surface area contributed by atoms with Gasteiger partial charge in [0.1, 0.15) is 0 Å². The summed E-state index contributed by atoms with van der Waals surface area (Å²) >= 11 is 0. The monoisotopic (exact) mass is 155 g/mol. The lowest BCUT2D eigenvalue weighted by Crippen LogP contribution is -2.29. The van der Waals surface area contributed by atoms with E-state index in [1.165, 1.54) is 10.7 Å². The first-order valence-electron chi connectivity index (χ1n) is 3.46. The predicted octanol–water partition coefficient (Wildman–Crippen LogP) is -0.0928. The van der Waals surface area contributed by atoms with Crippen LogP contribution in [-0.4, -0.2) is 9.78 Å². The highest BCUT2D eigenvalue weighted by Gasteiger charge is 2.16. The van der Waals surface area contributed by atoms with Crippen molar-refractivity contribution in [3.05, 3.63) is 22.1 Å². The summed E-state index contributed by atoms with van der Waals surface area (Å²) in [5.74, 6) is 0. The topological polar surface area (TPSA) is 63.8 Å². The molecule has 3 N–H and O–H groups in total. The molecule has 1 rings (SSSR count). The van der Waals surface area contributed by atoms with Crippen LogP contribution in [0.15, 0.2) is 10.9 Å². The molecule has 4 nitrogen and oxygen atoms in total. The second kappa shape index (κ2) is 2.23. The third-order valence-corrected chi connectivity index (χ3v) is 1.58. The van der Waals surface area contributed by atoms with E-state index in [2.05, 4.69) is 5.10 Å². The number of nitrogens with one attached hydrogen (secondary N) is 1. The molecule has 0 aliphatic heterocycles. The van der Waals surface area contributed by atoms with Crippen molar-refractivity contribution >= 4 is 0 Å². The maximum absolute atomic E-state index is 11.0. The minimum atomic E-state index is -0.472. The molecule has 0 saturated heterocycles. The number of nitrogens with two attached hydrogens (primary N) is 1. The summed E-state index contributed by atoms with van der Waals surface area (Å²) in [4.78, 5) is 11.0. The van der Waals surface area contributed by atoms with E-state index in [0.717, 1.165) is 5.69 Å². The Morgan fingerprint density at radius 2 is 2.18 bits per heavy atom. The summed E-state index contributed by atoms with van der Waals surface area (Å²) in [7, 11) is 1.66. The molecule has 0 unspecified atom stereocenters. The van der Waals surface area contributed by atoms with Gasteiger partial charge < -0.3 is 5.73 Å². The quantitative estimate of drug-likeness (QED) is 0.595. The number of H-pyrrole nitrogens is 1. The number of rotatable bonds is 1. The molecule has 0 atom stereocenters. The summed E-state index contributed by atoms with van der Waals surface area (Å²) in [6, 6.07) is 1.51. The van der Waals surface area contributed by atoms with Crippen molar-refractivity contribution in [2.24, 2.45) is 12.8 Å². The van der Waals surface area contributed by atoms with Crippen LogP contribution in [0.4, 0.5) is 0 Å². The molecule has 0 aliphatic carbocycles. The SMILES string of the molecule is Cn1[nH]c(C(C)(C)N)cc1=O. The first kappa shape index (κ1) is 8.07. The first-order chi connectivity index (χ1) is 4.91. The van der Waals surface area contributed by atoms with Crippen LogP contribution in [0.1, 0.15) is 19.5 Å². The van der Waals surface area contributed by atoms with E-state index in [1.54, 1.807) is 7.05 Å². The lowest BCUT2D eigenvalue weighted by molar-refractivity contribution is 0.522. The van der Waals surface area contributed by atoms with E-state index in [9.17, 15) is 4.79 Å². The van der Waals surface area contributed by atoms with Gasteiger partial charge in [0.05, 0.1) is 11.2 Å². The summed E-state index contributed by atoms with van der Waals surface area (Å²) in [6.45, 7) is 3.69. The maximum Gasteiger partial charge on any atom is 0.266 e. The maximum atomic E-state index is 11.0. The van der Waals surface area contributed by atoms with Gasteiger partial charge in [0.25, 0.3) is 5.56 Å². The average molecular weight is 155 g/mol. The molecule has 1 heterocycles. The Kier molecular flexibility index (Phi) is 1.64. The molecule has 1 aromatic heterocycles. The fourth-order valence-electron chi connectivity index (χ4n) is 0.818. The van der Waals surface area contributed by atoms with Crippen LogP contribution >= 0.6 is 0 Å². The van der Waals surface area contributed by atoms with Crippen molar-refractivity contribution < 1.29 is 0 Å². The molecule has 0 amide bonds. The molecular formula is C7H13N3O. The Morgan fingerprint density at radius 1 is 1.64 bits per heavy atom. The van der Waals surface area contributed by atoms with Crippen LogP contribution < -0.4 is 11.3 Å². The molecule has 4 heteroatoms. The first-order valence-corrected chi connectivity index (χ1v) is 3.46. The van der Waals surface area contributed by atoms with Gasteiger partial charge in [-0.1, -0.05) is 0 Å². The van der Waals surface area contributed by atoms with Gasteiger partial charge in [-0.3, -0.25) is 14.6 Å². The minimum Gasteiger partial charge on any atom is -0.321 e. The van der Waals surface area contributed by atoms with Crippen molar-refractivity contribution in [3.63, 3.8) is 0 Å². The van der Waals surface area contributed by atoms with Gasteiger partial charge in [0.15, 0.2) is 0 Å². The number of aromatic amines is 1. The van der Waals surface area contributed by atoms with Crippen LogP contribution in [0, 0.1) is 0 Å². The largest absolute Gasteiger partial charge is 0.321 e. The lowest BCUT2D eigenvalue weighted by Gasteiger charge is -2.15. The summed E-state index contributed by atoms with van der Waals surface area (Å²) in [6.07, 6.45) is 0. The fraction of sp³-hybridized carbons (Fsp3) is 0.571. The van der Waals surface area contributed by atoms with Crippen molar-refractivity contribution in [3.8, 4) is 0 Å². The van der Waals surface area contributed by atoms with Gasteiger partial charge >= 0.3 is 0 Å². The molecule has 0 aromatic carbocycles. The number of aromatic nitrogens is 2. The highest BCUT2D eigenvalue weighted by molar-refractivity contribution is 5.09. The molecule has 0 bridgehead atoms. The Morgan fingerprint density at radius 3 is 2.36 bits per heavy atom. The smallest absolute Gasteiger partial charge is 0.266 e. The van der Waals surface area contributed by atoms with Gasteiger partial charge in [0, 0.05) is 13.1 Å². The summed E-state index contributed by atoms with van der Waals surface area (Å²) in [5.41, 5.74) is 5.98.